The summed E-state index contributed by atoms with van der Waals surface area (Å²) in [7, 11) is 0. The summed E-state index contributed by atoms with van der Waals surface area (Å²) in [5.41, 5.74) is 0. The zero-order valence-corrected chi connectivity index (χ0v) is 40.7. The quantitative estimate of drug-likeness (QED) is 0.0422. The summed E-state index contributed by atoms with van der Waals surface area (Å²) in [6.45, 7) is 4.35. The Hall–Kier alpha value is -1.39. The fourth-order valence-corrected chi connectivity index (χ4v) is 8.49. The average Bonchev–Trinajstić information content (AvgIpc) is 3.25. The van der Waals surface area contributed by atoms with Crippen molar-refractivity contribution in [3.63, 3.8) is 0 Å². The standard InChI is InChI=1S/C56H107NO3/c1-3-5-7-9-11-13-15-16-17-18-19-20-21-22-23-24-25-26-27-28-29-30-31-32-33-34-35-36-37-38-39-40-42-44-46-48-50-52-56(60)57-54(53-58)55(59)51-49-47-45-43-41-14-12-10-8-6-4-2/h15-16,18-19,21-22,54-55,58-59H,3-14,17,20,23-53H2,1-2H3,(H,57,60)/b16-15-,19-18-,22-21-. The Labute approximate surface area is 376 Å². The van der Waals surface area contributed by atoms with E-state index in [0.717, 1.165) is 38.5 Å². The molecule has 0 spiro atoms. The highest BCUT2D eigenvalue weighted by molar-refractivity contribution is 5.76. The van der Waals surface area contributed by atoms with Gasteiger partial charge in [0.2, 0.25) is 5.91 Å². The Morgan fingerprint density at radius 3 is 1.02 bits per heavy atom. The first-order valence-electron chi connectivity index (χ1n) is 27.2. The molecule has 4 heteroatoms. The predicted molar refractivity (Wildman–Crippen MR) is 267 cm³/mol. The smallest absolute Gasteiger partial charge is 0.220 e. The number of carbonyl (C=O) groups excluding carboxylic acids is 1. The average molecular weight is 842 g/mol. The van der Waals surface area contributed by atoms with Gasteiger partial charge in [0, 0.05) is 6.42 Å². The number of rotatable bonds is 50. The third kappa shape index (κ3) is 47.7. The molecule has 354 valence electrons. The van der Waals surface area contributed by atoms with Gasteiger partial charge in [0.05, 0.1) is 18.8 Å². The fourth-order valence-electron chi connectivity index (χ4n) is 8.49. The van der Waals surface area contributed by atoms with Gasteiger partial charge in [-0.05, 0) is 51.4 Å². The van der Waals surface area contributed by atoms with E-state index in [0.29, 0.717) is 12.8 Å². The third-order valence-corrected chi connectivity index (χ3v) is 12.7. The number of hydrogen-bond donors (Lipinski definition) is 3. The summed E-state index contributed by atoms with van der Waals surface area (Å²) in [4.78, 5) is 12.4. The minimum Gasteiger partial charge on any atom is -0.394 e. The topological polar surface area (TPSA) is 69.6 Å². The summed E-state index contributed by atoms with van der Waals surface area (Å²) in [5, 5.41) is 23.2. The Bertz CT molecular complexity index is 912. The maximum atomic E-state index is 12.4. The van der Waals surface area contributed by atoms with Crippen molar-refractivity contribution in [1.82, 2.24) is 5.32 Å². The van der Waals surface area contributed by atoms with Crippen LogP contribution in [-0.2, 0) is 4.79 Å². The second kappa shape index (κ2) is 52.0. The Kier molecular flexibility index (Phi) is 50.8. The van der Waals surface area contributed by atoms with Gasteiger partial charge in [0.1, 0.15) is 0 Å². The lowest BCUT2D eigenvalue weighted by atomic mass is 10.0. The van der Waals surface area contributed by atoms with E-state index in [9.17, 15) is 15.0 Å². The molecule has 0 aromatic heterocycles. The summed E-state index contributed by atoms with van der Waals surface area (Å²) in [6, 6.07) is -0.532. The molecular weight excluding hydrogens is 735 g/mol. The zero-order valence-electron chi connectivity index (χ0n) is 40.7. The minimum absolute atomic E-state index is 0.0282. The van der Waals surface area contributed by atoms with Crippen LogP contribution < -0.4 is 5.32 Å². The van der Waals surface area contributed by atoms with Crippen molar-refractivity contribution < 1.29 is 15.0 Å². The number of aliphatic hydroxyl groups is 2. The van der Waals surface area contributed by atoms with E-state index >= 15 is 0 Å². The molecule has 0 heterocycles. The summed E-state index contributed by atoms with van der Waals surface area (Å²) in [5.74, 6) is -0.0282. The number of aliphatic hydroxyl groups excluding tert-OH is 2. The highest BCUT2D eigenvalue weighted by atomic mass is 16.3. The highest BCUT2D eigenvalue weighted by Crippen LogP contribution is 2.17. The van der Waals surface area contributed by atoms with Crippen molar-refractivity contribution in [2.45, 2.75) is 309 Å². The van der Waals surface area contributed by atoms with E-state index in [1.807, 2.05) is 0 Å². The lowest BCUT2D eigenvalue weighted by molar-refractivity contribution is -0.123. The molecule has 1 amide bonds. The highest BCUT2D eigenvalue weighted by Gasteiger charge is 2.20. The van der Waals surface area contributed by atoms with Crippen molar-refractivity contribution in [3.05, 3.63) is 36.5 Å². The zero-order chi connectivity index (χ0) is 43.5. The van der Waals surface area contributed by atoms with Gasteiger partial charge >= 0.3 is 0 Å². The van der Waals surface area contributed by atoms with Crippen molar-refractivity contribution >= 4 is 5.91 Å². The molecule has 0 aliphatic heterocycles. The first-order chi connectivity index (χ1) is 29.7. The first kappa shape index (κ1) is 58.6. The molecule has 0 aliphatic carbocycles. The fraction of sp³-hybridized carbons (Fsp3) is 0.875. The maximum Gasteiger partial charge on any atom is 0.220 e. The van der Waals surface area contributed by atoms with Crippen LogP contribution in [0.25, 0.3) is 0 Å². The van der Waals surface area contributed by atoms with Crippen LogP contribution in [0, 0.1) is 0 Å². The van der Waals surface area contributed by atoms with Gasteiger partial charge in [-0.25, -0.2) is 0 Å². The number of nitrogens with one attached hydrogen (secondary N) is 1. The summed E-state index contributed by atoms with van der Waals surface area (Å²) >= 11 is 0. The largest absolute Gasteiger partial charge is 0.394 e. The van der Waals surface area contributed by atoms with Gasteiger partial charge in [0.15, 0.2) is 0 Å². The molecule has 0 aromatic carbocycles. The summed E-state index contributed by atoms with van der Waals surface area (Å²) in [6.07, 6.45) is 70.0. The lowest BCUT2D eigenvalue weighted by Crippen LogP contribution is -2.45. The minimum atomic E-state index is -0.655. The maximum absolute atomic E-state index is 12.4. The van der Waals surface area contributed by atoms with E-state index < -0.39 is 12.1 Å². The molecule has 0 fully saturated rings. The predicted octanol–water partition coefficient (Wildman–Crippen LogP) is 17.7. The van der Waals surface area contributed by atoms with Crippen LogP contribution in [-0.4, -0.2) is 34.9 Å². The number of unbranched alkanes of at least 4 members (excludes halogenated alkanes) is 37. The summed E-state index contributed by atoms with van der Waals surface area (Å²) < 4.78 is 0. The molecule has 0 saturated carbocycles. The van der Waals surface area contributed by atoms with Crippen LogP contribution in [0.4, 0.5) is 0 Å². The van der Waals surface area contributed by atoms with E-state index in [1.54, 1.807) is 0 Å². The van der Waals surface area contributed by atoms with E-state index in [2.05, 4.69) is 55.6 Å². The molecule has 2 atom stereocenters. The van der Waals surface area contributed by atoms with Crippen LogP contribution in [0.2, 0.25) is 0 Å². The number of carbonyl (C=O) groups is 1. The van der Waals surface area contributed by atoms with E-state index in [1.165, 1.54) is 231 Å². The number of hydrogen-bond acceptors (Lipinski definition) is 3. The van der Waals surface area contributed by atoms with Crippen LogP contribution >= 0.6 is 0 Å². The Morgan fingerprint density at radius 1 is 0.400 bits per heavy atom. The number of allylic oxidation sites excluding steroid dienone is 6. The Morgan fingerprint density at radius 2 is 0.683 bits per heavy atom. The second-order valence-electron chi connectivity index (χ2n) is 18.7. The van der Waals surface area contributed by atoms with Crippen molar-refractivity contribution in [1.29, 1.82) is 0 Å². The normalized spacial score (nSPS) is 13.1. The van der Waals surface area contributed by atoms with Gasteiger partial charge < -0.3 is 15.5 Å². The molecular formula is C56H107NO3. The SMILES string of the molecule is CCCCCCC/C=C\C/C=C\C/C=C\CCCCCCCCCCCCCCCCCCCCCCCCC(=O)NC(CO)C(O)CCCCCCCCCCCCC. The lowest BCUT2D eigenvalue weighted by Gasteiger charge is -2.22. The van der Waals surface area contributed by atoms with E-state index in [4.69, 9.17) is 0 Å². The molecule has 0 rings (SSSR count). The molecule has 0 aliphatic rings. The van der Waals surface area contributed by atoms with Crippen molar-refractivity contribution in [2.24, 2.45) is 0 Å². The van der Waals surface area contributed by atoms with E-state index in [-0.39, 0.29) is 12.5 Å². The molecule has 0 bridgehead atoms. The van der Waals surface area contributed by atoms with Gasteiger partial charge in [-0.15, -0.1) is 0 Å². The van der Waals surface area contributed by atoms with Crippen molar-refractivity contribution in [3.8, 4) is 0 Å². The van der Waals surface area contributed by atoms with Crippen LogP contribution in [0.15, 0.2) is 36.5 Å². The molecule has 2 unspecified atom stereocenters. The monoisotopic (exact) mass is 842 g/mol. The molecule has 0 aromatic rings. The van der Waals surface area contributed by atoms with Crippen LogP contribution in [0.1, 0.15) is 296 Å². The second-order valence-corrected chi connectivity index (χ2v) is 18.7. The molecule has 60 heavy (non-hydrogen) atoms. The van der Waals surface area contributed by atoms with Crippen LogP contribution in [0.5, 0.6) is 0 Å². The molecule has 0 radical (unpaired) electrons. The molecule has 0 saturated heterocycles. The van der Waals surface area contributed by atoms with Crippen LogP contribution in [0.3, 0.4) is 0 Å². The van der Waals surface area contributed by atoms with Gasteiger partial charge in [-0.2, -0.15) is 0 Å². The van der Waals surface area contributed by atoms with Gasteiger partial charge in [-0.1, -0.05) is 275 Å². The van der Waals surface area contributed by atoms with Crippen molar-refractivity contribution in [2.75, 3.05) is 6.61 Å². The third-order valence-electron chi connectivity index (χ3n) is 12.7. The van der Waals surface area contributed by atoms with Gasteiger partial charge in [-0.3, -0.25) is 4.79 Å². The Balaban J connectivity index is 3.37. The first-order valence-corrected chi connectivity index (χ1v) is 27.2. The van der Waals surface area contributed by atoms with Gasteiger partial charge in [0.25, 0.3) is 0 Å². The molecule has 4 nitrogen and oxygen atoms in total. The molecule has 3 N–H and O–H groups in total. The number of amides is 1.